The highest BCUT2D eigenvalue weighted by Gasteiger charge is 2.10. The average molecular weight is 226 g/mol. The maximum atomic E-state index is 5.64. The molecule has 0 heterocycles. The predicted molar refractivity (Wildman–Crippen MR) is 77.3 cm³/mol. The summed E-state index contributed by atoms with van der Waals surface area (Å²) in [5.74, 6) is 5.48. The third-order valence-corrected chi connectivity index (χ3v) is 3.22. The van der Waals surface area contributed by atoms with Crippen LogP contribution < -0.4 is 0 Å². The molecule has 0 fully saturated rings. The molecule has 0 atom stereocenters. The van der Waals surface area contributed by atoms with Gasteiger partial charge in [0.15, 0.2) is 0 Å². The number of fused-ring (bicyclic) bond motifs is 3. The summed E-state index contributed by atoms with van der Waals surface area (Å²) in [5, 5.41) is 4.40. The van der Waals surface area contributed by atoms with Crippen LogP contribution in [0, 0.1) is 24.7 Å². The van der Waals surface area contributed by atoms with Gasteiger partial charge in [-0.3, -0.25) is 0 Å². The summed E-state index contributed by atoms with van der Waals surface area (Å²) in [5.41, 5.74) is 1.62. The van der Waals surface area contributed by atoms with Gasteiger partial charge in [0.2, 0.25) is 0 Å². The Labute approximate surface area is 106 Å². The highest BCUT2D eigenvalue weighted by atomic mass is 14.1. The molecular formula is C18H10. The van der Waals surface area contributed by atoms with Crippen molar-refractivity contribution in [3.8, 4) is 24.7 Å². The van der Waals surface area contributed by atoms with Crippen molar-refractivity contribution >= 4 is 21.5 Å². The smallest absolute Gasteiger partial charge is 0.0484 e. The van der Waals surface area contributed by atoms with E-state index in [1.807, 2.05) is 36.4 Å². The van der Waals surface area contributed by atoms with Gasteiger partial charge < -0.3 is 0 Å². The first kappa shape index (κ1) is 10.5. The molecule has 18 heavy (non-hydrogen) atoms. The minimum Gasteiger partial charge on any atom is -0.115 e. The molecule has 0 saturated heterocycles. The van der Waals surface area contributed by atoms with E-state index in [0.717, 1.165) is 32.7 Å². The van der Waals surface area contributed by atoms with Gasteiger partial charge >= 0.3 is 0 Å². The normalized spacial score (nSPS) is 10.1. The molecule has 0 N–H and O–H groups in total. The topological polar surface area (TPSA) is 0 Å². The van der Waals surface area contributed by atoms with Gasteiger partial charge in [-0.15, -0.1) is 12.8 Å². The highest BCUT2D eigenvalue weighted by Crippen LogP contribution is 2.31. The lowest BCUT2D eigenvalue weighted by molar-refractivity contribution is 1.69. The van der Waals surface area contributed by atoms with Gasteiger partial charge in [-0.25, -0.2) is 0 Å². The van der Waals surface area contributed by atoms with Gasteiger partial charge in [0.1, 0.15) is 0 Å². The summed E-state index contributed by atoms with van der Waals surface area (Å²) in [7, 11) is 0. The Hall–Kier alpha value is -2.70. The van der Waals surface area contributed by atoms with E-state index >= 15 is 0 Å². The number of rotatable bonds is 0. The van der Waals surface area contributed by atoms with Crippen LogP contribution in [0.4, 0.5) is 0 Å². The largest absolute Gasteiger partial charge is 0.115 e. The molecular weight excluding hydrogens is 216 g/mol. The van der Waals surface area contributed by atoms with Crippen molar-refractivity contribution in [2.24, 2.45) is 0 Å². The van der Waals surface area contributed by atoms with Gasteiger partial charge in [0.05, 0.1) is 0 Å². The van der Waals surface area contributed by atoms with Crippen molar-refractivity contribution in [2.75, 3.05) is 0 Å². The Morgan fingerprint density at radius 2 is 0.889 bits per heavy atom. The number of benzene rings is 3. The number of hydrogen-bond acceptors (Lipinski definition) is 0. The maximum absolute atomic E-state index is 5.64. The Morgan fingerprint density at radius 1 is 0.556 bits per heavy atom. The van der Waals surface area contributed by atoms with Crippen LogP contribution in [0.2, 0.25) is 0 Å². The Bertz CT molecular complexity index is 767. The maximum Gasteiger partial charge on any atom is 0.0484 e. The molecule has 0 heteroatoms. The Kier molecular flexibility index (Phi) is 2.30. The van der Waals surface area contributed by atoms with Crippen LogP contribution in [0.15, 0.2) is 48.5 Å². The fourth-order valence-corrected chi connectivity index (χ4v) is 2.44. The minimum absolute atomic E-state index is 0.812. The highest BCUT2D eigenvalue weighted by molar-refractivity contribution is 6.12. The summed E-state index contributed by atoms with van der Waals surface area (Å²) >= 11 is 0. The van der Waals surface area contributed by atoms with Gasteiger partial charge in [0, 0.05) is 11.1 Å². The summed E-state index contributed by atoms with van der Waals surface area (Å²) in [6, 6.07) is 16.2. The fourth-order valence-electron chi connectivity index (χ4n) is 2.44. The van der Waals surface area contributed by atoms with Crippen LogP contribution in [0.5, 0.6) is 0 Å². The van der Waals surface area contributed by atoms with Crippen molar-refractivity contribution in [3.63, 3.8) is 0 Å². The summed E-state index contributed by atoms with van der Waals surface area (Å²) < 4.78 is 0. The number of hydrogen-bond donors (Lipinski definition) is 0. The molecule has 3 rings (SSSR count). The molecule has 0 radical (unpaired) electrons. The van der Waals surface area contributed by atoms with Crippen LogP contribution in [0.25, 0.3) is 21.5 Å². The minimum atomic E-state index is 0.812. The van der Waals surface area contributed by atoms with E-state index in [0.29, 0.717) is 0 Å². The molecule has 0 amide bonds. The molecule has 82 valence electrons. The van der Waals surface area contributed by atoms with Gasteiger partial charge in [-0.05, 0) is 21.5 Å². The van der Waals surface area contributed by atoms with Crippen molar-refractivity contribution in [1.82, 2.24) is 0 Å². The molecule has 0 aliphatic heterocycles. The van der Waals surface area contributed by atoms with E-state index in [4.69, 9.17) is 12.8 Å². The van der Waals surface area contributed by atoms with E-state index in [1.165, 1.54) is 0 Å². The quantitative estimate of drug-likeness (QED) is 0.402. The second kappa shape index (κ2) is 3.95. The molecule has 3 aromatic rings. The zero-order valence-electron chi connectivity index (χ0n) is 9.77. The molecule has 0 bridgehead atoms. The molecule has 3 aromatic carbocycles. The average Bonchev–Trinajstić information content (AvgIpc) is 2.45. The zero-order chi connectivity index (χ0) is 12.5. The van der Waals surface area contributed by atoms with E-state index in [2.05, 4.69) is 24.0 Å². The zero-order valence-corrected chi connectivity index (χ0v) is 9.77. The molecule has 0 aromatic heterocycles. The lowest BCUT2D eigenvalue weighted by Gasteiger charge is -2.10. The van der Waals surface area contributed by atoms with Crippen LogP contribution in [-0.2, 0) is 0 Å². The Morgan fingerprint density at radius 3 is 1.22 bits per heavy atom. The van der Waals surface area contributed by atoms with E-state index in [9.17, 15) is 0 Å². The van der Waals surface area contributed by atoms with E-state index in [-0.39, 0.29) is 0 Å². The lowest BCUT2D eigenvalue weighted by atomic mass is 9.92. The first-order valence-electron chi connectivity index (χ1n) is 5.73. The second-order valence-corrected chi connectivity index (χ2v) is 4.13. The molecule has 0 aliphatic rings. The fraction of sp³-hybridized carbons (Fsp3) is 0. The Balaban J connectivity index is 2.73. The third kappa shape index (κ3) is 1.30. The van der Waals surface area contributed by atoms with E-state index in [1.54, 1.807) is 0 Å². The molecule has 0 saturated carbocycles. The van der Waals surface area contributed by atoms with Gasteiger partial charge in [-0.2, -0.15) is 0 Å². The van der Waals surface area contributed by atoms with Crippen molar-refractivity contribution in [1.29, 1.82) is 0 Å². The SMILES string of the molecule is C#Cc1c(C#C)c2ccccc2c2ccccc12. The van der Waals surface area contributed by atoms with Crippen molar-refractivity contribution in [3.05, 3.63) is 59.7 Å². The molecule has 0 nitrogen and oxygen atoms in total. The number of terminal acetylenes is 2. The molecule has 0 aliphatic carbocycles. The van der Waals surface area contributed by atoms with Crippen molar-refractivity contribution < 1.29 is 0 Å². The van der Waals surface area contributed by atoms with Crippen LogP contribution >= 0.6 is 0 Å². The predicted octanol–water partition coefficient (Wildman–Crippen LogP) is 3.96. The van der Waals surface area contributed by atoms with Crippen LogP contribution in [0.3, 0.4) is 0 Å². The molecule has 0 unspecified atom stereocenters. The summed E-state index contributed by atoms with van der Waals surface area (Å²) in [6.45, 7) is 0. The van der Waals surface area contributed by atoms with Crippen molar-refractivity contribution in [2.45, 2.75) is 0 Å². The van der Waals surface area contributed by atoms with Crippen LogP contribution in [-0.4, -0.2) is 0 Å². The van der Waals surface area contributed by atoms with Gasteiger partial charge in [0.25, 0.3) is 0 Å². The molecule has 0 spiro atoms. The van der Waals surface area contributed by atoms with Crippen LogP contribution in [0.1, 0.15) is 11.1 Å². The first-order chi connectivity index (χ1) is 8.86. The monoisotopic (exact) mass is 226 g/mol. The van der Waals surface area contributed by atoms with E-state index < -0.39 is 0 Å². The summed E-state index contributed by atoms with van der Waals surface area (Å²) in [6.07, 6.45) is 11.3. The van der Waals surface area contributed by atoms with Gasteiger partial charge in [-0.1, -0.05) is 60.4 Å². The summed E-state index contributed by atoms with van der Waals surface area (Å²) in [4.78, 5) is 0. The third-order valence-electron chi connectivity index (χ3n) is 3.22. The standard InChI is InChI=1S/C18H10/c1-3-13-14(4-2)16-10-6-8-12-18(16)17-11-7-5-9-15(13)17/h1-2,5-12H. The second-order valence-electron chi connectivity index (χ2n) is 4.13. The lowest BCUT2D eigenvalue weighted by Crippen LogP contribution is -1.90. The first-order valence-corrected chi connectivity index (χ1v) is 5.73.